The van der Waals surface area contributed by atoms with E-state index in [1.165, 1.54) is 12.1 Å². The summed E-state index contributed by atoms with van der Waals surface area (Å²) in [6.45, 7) is 2.09. The Morgan fingerprint density at radius 2 is 1.96 bits per heavy atom. The molecule has 0 unspecified atom stereocenters. The molecular formula is C19H20ClN3O3. The number of nitrogens with zero attached hydrogens (tertiary/aromatic N) is 3. The Kier molecular flexibility index (Phi) is 5.42. The molecule has 2 aromatic carbocycles. The van der Waals surface area contributed by atoms with Crippen molar-refractivity contribution in [2.24, 2.45) is 0 Å². The molecule has 0 saturated carbocycles. The quantitative estimate of drug-likeness (QED) is 0.584. The minimum absolute atomic E-state index is 0.0764. The van der Waals surface area contributed by atoms with Crippen LogP contribution in [-0.4, -0.2) is 35.9 Å². The van der Waals surface area contributed by atoms with Gasteiger partial charge in [0.05, 0.1) is 16.2 Å². The Bertz CT molecular complexity index is 835. The van der Waals surface area contributed by atoms with Crippen LogP contribution in [0.4, 0.5) is 11.4 Å². The fourth-order valence-electron chi connectivity index (χ4n) is 3.23. The summed E-state index contributed by atoms with van der Waals surface area (Å²) < 4.78 is 0. The summed E-state index contributed by atoms with van der Waals surface area (Å²) in [6, 6.07) is 11.8. The SMILES string of the molecule is CN(Cc1cccc(Cl)c1)C(=O)c1cc([N+](=O)[O-])ccc1N1CCCC1. The fourth-order valence-corrected chi connectivity index (χ4v) is 3.44. The molecule has 1 aliphatic heterocycles. The van der Waals surface area contributed by atoms with E-state index >= 15 is 0 Å². The maximum Gasteiger partial charge on any atom is 0.270 e. The highest BCUT2D eigenvalue weighted by atomic mass is 35.5. The lowest BCUT2D eigenvalue weighted by Crippen LogP contribution is -2.29. The van der Waals surface area contributed by atoms with Crippen LogP contribution in [0.1, 0.15) is 28.8 Å². The first kappa shape index (κ1) is 18.2. The van der Waals surface area contributed by atoms with Gasteiger partial charge < -0.3 is 9.80 Å². The Labute approximate surface area is 157 Å². The first-order chi connectivity index (χ1) is 12.5. The Balaban J connectivity index is 1.90. The number of nitro groups is 1. The van der Waals surface area contributed by atoms with E-state index in [1.807, 2.05) is 12.1 Å². The number of amides is 1. The van der Waals surface area contributed by atoms with Crippen molar-refractivity contribution in [1.29, 1.82) is 0 Å². The van der Waals surface area contributed by atoms with Crippen molar-refractivity contribution in [2.45, 2.75) is 19.4 Å². The standard InChI is InChI=1S/C19H20ClN3O3/c1-21(13-14-5-4-6-15(20)11-14)19(24)17-12-16(23(25)26)7-8-18(17)22-9-2-3-10-22/h4-8,11-12H,2-3,9-10,13H2,1H3. The molecule has 0 radical (unpaired) electrons. The summed E-state index contributed by atoms with van der Waals surface area (Å²) in [7, 11) is 1.69. The summed E-state index contributed by atoms with van der Waals surface area (Å²) in [4.78, 5) is 27.4. The van der Waals surface area contributed by atoms with E-state index in [1.54, 1.807) is 30.1 Å². The fraction of sp³-hybridized carbons (Fsp3) is 0.316. The number of benzene rings is 2. The minimum Gasteiger partial charge on any atom is -0.371 e. The third-order valence-electron chi connectivity index (χ3n) is 4.52. The van der Waals surface area contributed by atoms with E-state index in [2.05, 4.69) is 4.90 Å². The van der Waals surface area contributed by atoms with Gasteiger partial charge in [0.25, 0.3) is 11.6 Å². The summed E-state index contributed by atoms with van der Waals surface area (Å²) >= 11 is 6.01. The van der Waals surface area contributed by atoms with Crippen molar-refractivity contribution in [3.8, 4) is 0 Å². The third-order valence-corrected chi connectivity index (χ3v) is 4.76. The van der Waals surface area contributed by atoms with Crippen LogP contribution in [0.3, 0.4) is 0 Å². The van der Waals surface area contributed by atoms with Gasteiger partial charge in [0, 0.05) is 43.8 Å². The largest absolute Gasteiger partial charge is 0.371 e. The van der Waals surface area contributed by atoms with Crippen molar-refractivity contribution < 1.29 is 9.72 Å². The summed E-state index contributed by atoms with van der Waals surface area (Å²) in [5, 5.41) is 11.8. The average Bonchev–Trinajstić information content (AvgIpc) is 3.15. The molecule has 26 heavy (non-hydrogen) atoms. The molecule has 0 atom stereocenters. The molecule has 3 rings (SSSR count). The number of nitro benzene ring substituents is 1. The summed E-state index contributed by atoms with van der Waals surface area (Å²) in [6.07, 6.45) is 2.12. The number of halogens is 1. The van der Waals surface area contributed by atoms with Crippen LogP contribution in [0.15, 0.2) is 42.5 Å². The topological polar surface area (TPSA) is 66.7 Å². The molecule has 1 amide bonds. The van der Waals surface area contributed by atoms with Gasteiger partial charge in [-0.05, 0) is 36.6 Å². The number of rotatable bonds is 5. The number of non-ortho nitro benzene ring substituents is 1. The minimum atomic E-state index is -0.471. The molecule has 136 valence electrons. The van der Waals surface area contributed by atoms with Crippen LogP contribution < -0.4 is 4.90 Å². The monoisotopic (exact) mass is 373 g/mol. The number of carbonyl (C=O) groups excluding carboxylic acids is 1. The predicted molar refractivity (Wildman–Crippen MR) is 102 cm³/mol. The van der Waals surface area contributed by atoms with E-state index in [4.69, 9.17) is 11.6 Å². The molecule has 0 spiro atoms. The van der Waals surface area contributed by atoms with Crippen molar-refractivity contribution >= 4 is 28.9 Å². The van der Waals surface area contributed by atoms with Crippen molar-refractivity contribution in [1.82, 2.24) is 4.90 Å². The van der Waals surface area contributed by atoms with Gasteiger partial charge in [0.2, 0.25) is 0 Å². The first-order valence-electron chi connectivity index (χ1n) is 8.49. The molecule has 1 heterocycles. The molecule has 0 aromatic heterocycles. The summed E-state index contributed by atoms with van der Waals surface area (Å²) in [5.74, 6) is -0.240. The Morgan fingerprint density at radius 1 is 1.23 bits per heavy atom. The third kappa shape index (κ3) is 3.96. The maximum absolute atomic E-state index is 13.0. The normalized spacial score (nSPS) is 13.7. The zero-order valence-electron chi connectivity index (χ0n) is 14.5. The molecule has 0 bridgehead atoms. The van der Waals surface area contributed by atoms with E-state index in [9.17, 15) is 14.9 Å². The van der Waals surface area contributed by atoms with Crippen LogP contribution in [0, 0.1) is 10.1 Å². The van der Waals surface area contributed by atoms with Gasteiger partial charge in [-0.25, -0.2) is 0 Å². The van der Waals surface area contributed by atoms with Crippen molar-refractivity contribution in [3.05, 3.63) is 68.7 Å². The smallest absolute Gasteiger partial charge is 0.270 e. The van der Waals surface area contributed by atoms with Crippen LogP contribution in [0.25, 0.3) is 0 Å². The van der Waals surface area contributed by atoms with E-state index < -0.39 is 4.92 Å². The highest BCUT2D eigenvalue weighted by molar-refractivity contribution is 6.30. The first-order valence-corrected chi connectivity index (χ1v) is 8.87. The zero-order chi connectivity index (χ0) is 18.7. The van der Waals surface area contributed by atoms with Crippen LogP contribution in [0.5, 0.6) is 0 Å². The molecule has 0 N–H and O–H groups in total. The highest BCUT2D eigenvalue weighted by Gasteiger charge is 2.24. The number of carbonyl (C=O) groups is 1. The molecule has 0 aliphatic carbocycles. The zero-order valence-corrected chi connectivity index (χ0v) is 15.3. The molecule has 1 saturated heterocycles. The van der Waals surface area contributed by atoms with Gasteiger partial charge in [-0.3, -0.25) is 14.9 Å². The average molecular weight is 374 g/mol. The number of hydrogen-bond acceptors (Lipinski definition) is 4. The van der Waals surface area contributed by atoms with Gasteiger partial charge in [0.15, 0.2) is 0 Å². The lowest BCUT2D eigenvalue weighted by Gasteiger charge is -2.24. The highest BCUT2D eigenvalue weighted by Crippen LogP contribution is 2.29. The maximum atomic E-state index is 13.0. The lowest BCUT2D eigenvalue weighted by atomic mass is 10.1. The van der Waals surface area contributed by atoms with Gasteiger partial charge in [-0.15, -0.1) is 0 Å². The van der Waals surface area contributed by atoms with Gasteiger partial charge in [-0.2, -0.15) is 0 Å². The van der Waals surface area contributed by atoms with Crippen LogP contribution in [-0.2, 0) is 6.54 Å². The van der Waals surface area contributed by atoms with Gasteiger partial charge in [0.1, 0.15) is 0 Å². The second kappa shape index (κ2) is 7.74. The molecule has 7 heteroatoms. The molecule has 6 nitrogen and oxygen atoms in total. The second-order valence-corrected chi connectivity index (χ2v) is 6.88. The van der Waals surface area contributed by atoms with Crippen LogP contribution in [0.2, 0.25) is 5.02 Å². The summed E-state index contributed by atoms with van der Waals surface area (Å²) in [5.41, 5.74) is 1.95. The molecular weight excluding hydrogens is 354 g/mol. The van der Waals surface area contributed by atoms with E-state index in [0.717, 1.165) is 37.2 Å². The van der Waals surface area contributed by atoms with E-state index in [0.29, 0.717) is 17.1 Å². The van der Waals surface area contributed by atoms with Crippen LogP contribution >= 0.6 is 11.6 Å². The Hall–Kier alpha value is -2.60. The van der Waals surface area contributed by atoms with Gasteiger partial charge >= 0.3 is 0 Å². The number of hydrogen-bond donors (Lipinski definition) is 0. The predicted octanol–water partition coefficient (Wildman–Crippen LogP) is 4.12. The number of anilines is 1. The van der Waals surface area contributed by atoms with E-state index in [-0.39, 0.29) is 11.6 Å². The van der Waals surface area contributed by atoms with Crippen molar-refractivity contribution in [3.63, 3.8) is 0 Å². The van der Waals surface area contributed by atoms with Gasteiger partial charge in [-0.1, -0.05) is 23.7 Å². The Morgan fingerprint density at radius 3 is 2.62 bits per heavy atom. The lowest BCUT2D eigenvalue weighted by molar-refractivity contribution is -0.384. The molecule has 1 aliphatic rings. The second-order valence-electron chi connectivity index (χ2n) is 6.44. The molecule has 1 fully saturated rings. The molecule has 2 aromatic rings. The van der Waals surface area contributed by atoms with Crippen molar-refractivity contribution in [2.75, 3.05) is 25.0 Å².